The van der Waals surface area contributed by atoms with Crippen molar-refractivity contribution >= 4 is 21.4 Å². The maximum atomic E-state index is 14.5. The number of para-hydroxylation sites is 1. The zero-order valence-corrected chi connectivity index (χ0v) is 18.3. The van der Waals surface area contributed by atoms with E-state index in [-0.39, 0.29) is 27.7 Å². The van der Waals surface area contributed by atoms with Gasteiger partial charge in [-0.15, -0.1) is 0 Å². The minimum atomic E-state index is -3.56. The van der Waals surface area contributed by atoms with Crippen molar-refractivity contribution in [1.29, 1.82) is 0 Å². The third-order valence-corrected chi connectivity index (χ3v) is 6.68. The average Bonchev–Trinajstić information content (AvgIpc) is 2.78. The first-order valence-electron chi connectivity index (χ1n) is 10.1. The normalized spacial score (nSPS) is 14.5. The molecule has 3 aromatic rings. The van der Waals surface area contributed by atoms with Gasteiger partial charge in [-0.2, -0.15) is 0 Å². The lowest BCUT2D eigenvalue weighted by atomic mass is 9.98. The molecule has 1 aliphatic heterocycles. The van der Waals surface area contributed by atoms with Crippen LogP contribution >= 0.6 is 0 Å². The second-order valence-electron chi connectivity index (χ2n) is 7.69. The van der Waals surface area contributed by atoms with Crippen molar-refractivity contribution < 1.29 is 22.0 Å². The van der Waals surface area contributed by atoms with Crippen molar-refractivity contribution in [3.8, 4) is 11.1 Å². The quantitative estimate of drug-likeness (QED) is 0.596. The summed E-state index contributed by atoms with van der Waals surface area (Å²) in [5, 5.41) is 0. The summed E-state index contributed by atoms with van der Waals surface area (Å²) in [6.45, 7) is 1.50. The van der Waals surface area contributed by atoms with E-state index in [1.54, 1.807) is 41.3 Å². The number of anilines is 1. The molecule has 3 aromatic carbocycles. The van der Waals surface area contributed by atoms with Crippen LogP contribution in [0.1, 0.15) is 10.4 Å². The maximum absolute atomic E-state index is 14.5. The van der Waals surface area contributed by atoms with E-state index in [9.17, 15) is 22.0 Å². The van der Waals surface area contributed by atoms with Crippen molar-refractivity contribution in [2.75, 3.05) is 37.3 Å². The van der Waals surface area contributed by atoms with Gasteiger partial charge in [-0.05, 0) is 35.9 Å². The second-order valence-corrected chi connectivity index (χ2v) is 9.71. The highest BCUT2D eigenvalue weighted by Gasteiger charge is 2.27. The number of carbonyl (C=O) groups excluding carboxylic acids is 1. The number of nitrogens with zero attached hydrogens (tertiary/aromatic N) is 2. The van der Waals surface area contributed by atoms with E-state index in [1.165, 1.54) is 30.3 Å². The van der Waals surface area contributed by atoms with Crippen molar-refractivity contribution in [3.63, 3.8) is 0 Å². The number of sulfone groups is 1. The summed E-state index contributed by atoms with van der Waals surface area (Å²) in [7, 11) is -3.56. The van der Waals surface area contributed by atoms with E-state index in [0.29, 0.717) is 37.4 Å². The fraction of sp³-hybridized carbons (Fsp3) is 0.208. The first-order valence-corrected chi connectivity index (χ1v) is 12.0. The van der Waals surface area contributed by atoms with Crippen LogP contribution in [0.3, 0.4) is 0 Å². The van der Waals surface area contributed by atoms with Gasteiger partial charge in [-0.1, -0.05) is 36.4 Å². The summed E-state index contributed by atoms with van der Waals surface area (Å²) in [4.78, 5) is 16.9. The Morgan fingerprint density at radius 3 is 2.06 bits per heavy atom. The number of hydrogen-bond donors (Lipinski definition) is 0. The standard InChI is InChI=1S/C24H22F2N2O3S/c1-32(30,31)17-10-11-18(19-6-2-3-7-21(19)25)20(16-17)24(29)28-14-12-27(13-15-28)23-9-5-4-8-22(23)26/h2-11,16H,12-15H2,1H3. The van der Waals surface area contributed by atoms with Gasteiger partial charge in [0.1, 0.15) is 11.6 Å². The van der Waals surface area contributed by atoms with Crippen LogP contribution in [-0.2, 0) is 9.84 Å². The summed E-state index contributed by atoms with van der Waals surface area (Å²) in [6.07, 6.45) is 1.06. The zero-order chi connectivity index (χ0) is 22.9. The number of piperazine rings is 1. The Balaban J connectivity index is 1.66. The van der Waals surface area contributed by atoms with Crippen LogP contribution in [0.15, 0.2) is 71.6 Å². The molecule has 1 fully saturated rings. The van der Waals surface area contributed by atoms with Gasteiger partial charge in [0, 0.05) is 43.6 Å². The fourth-order valence-electron chi connectivity index (χ4n) is 3.87. The molecule has 0 unspecified atom stereocenters. The number of halogens is 2. The molecule has 8 heteroatoms. The maximum Gasteiger partial charge on any atom is 0.254 e. The molecule has 0 aromatic heterocycles. The number of hydrogen-bond acceptors (Lipinski definition) is 4. The van der Waals surface area contributed by atoms with E-state index in [0.717, 1.165) is 6.26 Å². The van der Waals surface area contributed by atoms with E-state index in [4.69, 9.17) is 0 Å². The molecule has 32 heavy (non-hydrogen) atoms. The van der Waals surface area contributed by atoms with Crippen molar-refractivity contribution in [3.05, 3.63) is 83.9 Å². The van der Waals surface area contributed by atoms with Crippen LogP contribution < -0.4 is 4.90 Å². The Kier molecular flexibility index (Phi) is 5.97. The molecule has 1 heterocycles. The number of amides is 1. The summed E-state index contributed by atoms with van der Waals surface area (Å²) < 4.78 is 52.8. The molecule has 1 aliphatic rings. The molecular formula is C24H22F2N2O3S. The monoisotopic (exact) mass is 456 g/mol. The number of carbonyl (C=O) groups is 1. The molecule has 0 N–H and O–H groups in total. The lowest BCUT2D eigenvalue weighted by Crippen LogP contribution is -2.49. The fourth-order valence-corrected chi connectivity index (χ4v) is 4.52. The van der Waals surface area contributed by atoms with Gasteiger partial charge in [0.2, 0.25) is 0 Å². The van der Waals surface area contributed by atoms with Crippen LogP contribution in [0, 0.1) is 11.6 Å². The van der Waals surface area contributed by atoms with Gasteiger partial charge in [0.05, 0.1) is 10.6 Å². The Bertz CT molecular complexity index is 1270. The van der Waals surface area contributed by atoms with E-state index < -0.39 is 15.7 Å². The lowest BCUT2D eigenvalue weighted by molar-refractivity contribution is 0.0747. The van der Waals surface area contributed by atoms with Gasteiger partial charge >= 0.3 is 0 Å². The molecule has 5 nitrogen and oxygen atoms in total. The van der Waals surface area contributed by atoms with Crippen molar-refractivity contribution in [1.82, 2.24) is 4.90 Å². The van der Waals surface area contributed by atoms with Gasteiger partial charge in [0.25, 0.3) is 5.91 Å². The predicted molar refractivity (Wildman–Crippen MR) is 119 cm³/mol. The lowest BCUT2D eigenvalue weighted by Gasteiger charge is -2.36. The molecule has 0 radical (unpaired) electrons. The molecule has 4 rings (SSSR count). The smallest absolute Gasteiger partial charge is 0.254 e. The minimum absolute atomic E-state index is 0.00840. The third kappa shape index (κ3) is 4.36. The Hall–Kier alpha value is -3.26. The number of rotatable bonds is 4. The highest BCUT2D eigenvalue weighted by molar-refractivity contribution is 7.90. The zero-order valence-electron chi connectivity index (χ0n) is 17.5. The molecule has 0 spiro atoms. The van der Waals surface area contributed by atoms with Crippen LogP contribution in [0.25, 0.3) is 11.1 Å². The Morgan fingerprint density at radius 2 is 1.44 bits per heavy atom. The molecule has 1 saturated heterocycles. The van der Waals surface area contributed by atoms with E-state index in [2.05, 4.69) is 0 Å². The van der Waals surface area contributed by atoms with E-state index in [1.807, 2.05) is 4.90 Å². The first-order chi connectivity index (χ1) is 15.3. The Morgan fingerprint density at radius 1 is 0.812 bits per heavy atom. The first kappa shape index (κ1) is 22.0. The number of benzene rings is 3. The molecule has 0 bridgehead atoms. The molecule has 0 saturated carbocycles. The van der Waals surface area contributed by atoms with Crippen LogP contribution in [0.5, 0.6) is 0 Å². The average molecular weight is 457 g/mol. The highest BCUT2D eigenvalue weighted by Crippen LogP contribution is 2.30. The van der Waals surface area contributed by atoms with Crippen molar-refractivity contribution in [2.24, 2.45) is 0 Å². The molecule has 0 atom stereocenters. The van der Waals surface area contributed by atoms with Gasteiger partial charge in [-0.25, -0.2) is 17.2 Å². The van der Waals surface area contributed by atoms with Gasteiger partial charge in [-0.3, -0.25) is 4.79 Å². The van der Waals surface area contributed by atoms with E-state index >= 15 is 0 Å². The summed E-state index contributed by atoms with van der Waals surface area (Å²) in [5.41, 5.74) is 1.15. The summed E-state index contributed by atoms with van der Waals surface area (Å²) in [6, 6.07) is 16.7. The second kappa shape index (κ2) is 8.70. The van der Waals surface area contributed by atoms with Gasteiger partial charge < -0.3 is 9.80 Å². The third-order valence-electron chi connectivity index (χ3n) is 5.57. The molecule has 0 aliphatic carbocycles. The van der Waals surface area contributed by atoms with Crippen molar-refractivity contribution in [2.45, 2.75) is 4.90 Å². The van der Waals surface area contributed by atoms with Crippen LogP contribution in [0.4, 0.5) is 14.5 Å². The van der Waals surface area contributed by atoms with Gasteiger partial charge in [0.15, 0.2) is 9.84 Å². The summed E-state index contributed by atoms with van der Waals surface area (Å²) in [5.74, 6) is -1.21. The predicted octanol–water partition coefficient (Wildman–Crippen LogP) is 4.00. The van der Waals surface area contributed by atoms with Crippen LogP contribution in [-0.4, -0.2) is 51.7 Å². The summed E-state index contributed by atoms with van der Waals surface area (Å²) >= 11 is 0. The van der Waals surface area contributed by atoms with Crippen LogP contribution in [0.2, 0.25) is 0 Å². The SMILES string of the molecule is CS(=O)(=O)c1ccc(-c2ccccc2F)c(C(=O)N2CCN(c3ccccc3F)CC2)c1. The largest absolute Gasteiger partial charge is 0.366 e. The topological polar surface area (TPSA) is 57.7 Å². The molecule has 1 amide bonds. The molecule has 166 valence electrons. The highest BCUT2D eigenvalue weighted by atomic mass is 32.2. The Labute approximate surface area is 185 Å². The molecular weight excluding hydrogens is 434 g/mol. The minimum Gasteiger partial charge on any atom is -0.366 e.